The van der Waals surface area contributed by atoms with Gasteiger partial charge >= 0.3 is 0 Å². The average molecular weight is 109 g/mol. The van der Waals surface area contributed by atoms with E-state index in [1.807, 2.05) is 0 Å². The highest BCUT2D eigenvalue weighted by Crippen LogP contribution is 2.10. The number of nitrogens with zero attached hydrogens (tertiary/aromatic N) is 1. The fourth-order valence-corrected chi connectivity index (χ4v) is 0.840. The summed E-state index contributed by atoms with van der Waals surface area (Å²) < 4.78 is 0. The quantitative estimate of drug-likeness (QED) is 0.490. The van der Waals surface area contributed by atoms with E-state index in [0.717, 1.165) is 31.8 Å². The van der Waals surface area contributed by atoms with Crippen molar-refractivity contribution in [3.63, 3.8) is 0 Å². The molecule has 0 aromatic rings. The molecule has 0 spiro atoms. The van der Waals surface area contributed by atoms with Crippen LogP contribution in [0.15, 0.2) is 0 Å². The molecule has 0 atom stereocenters. The second-order valence-corrected chi connectivity index (χ2v) is 1.97. The van der Waals surface area contributed by atoms with Crippen molar-refractivity contribution in [1.29, 1.82) is 5.26 Å². The molecule has 43 valence electrons. The molecule has 8 heavy (non-hydrogen) atoms. The van der Waals surface area contributed by atoms with Crippen molar-refractivity contribution >= 4 is 0 Å². The SMILES string of the molecule is N#C[C]1CCNCC1. The summed E-state index contributed by atoms with van der Waals surface area (Å²) in [7, 11) is 0. The van der Waals surface area contributed by atoms with Crippen molar-refractivity contribution in [2.75, 3.05) is 13.1 Å². The second-order valence-electron chi connectivity index (χ2n) is 1.97. The van der Waals surface area contributed by atoms with Crippen molar-refractivity contribution < 1.29 is 0 Å². The lowest BCUT2D eigenvalue weighted by molar-refractivity contribution is 0.574. The molecular formula is C6H9N2. The van der Waals surface area contributed by atoms with Crippen LogP contribution >= 0.6 is 0 Å². The summed E-state index contributed by atoms with van der Waals surface area (Å²) in [4.78, 5) is 0. The van der Waals surface area contributed by atoms with Gasteiger partial charge in [0.15, 0.2) is 0 Å². The van der Waals surface area contributed by atoms with E-state index in [0.29, 0.717) is 0 Å². The molecule has 0 saturated carbocycles. The summed E-state index contributed by atoms with van der Waals surface area (Å²) in [5.74, 6) is 1.05. The molecule has 1 rings (SSSR count). The van der Waals surface area contributed by atoms with Gasteiger partial charge in [-0.3, -0.25) is 0 Å². The molecule has 0 bridgehead atoms. The molecule has 2 nitrogen and oxygen atoms in total. The third-order valence-corrected chi connectivity index (χ3v) is 1.37. The maximum atomic E-state index is 8.38. The lowest BCUT2D eigenvalue weighted by atomic mass is 10.0. The standard InChI is InChI=1S/C6H9N2/c7-5-6-1-3-8-4-2-6/h8H,1-4H2. The molecule has 1 aliphatic heterocycles. The van der Waals surface area contributed by atoms with Gasteiger partial charge in [0.2, 0.25) is 0 Å². The zero-order valence-electron chi connectivity index (χ0n) is 4.78. The number of piperidine rings is 1. The molecule has 0 unspecified atom stereocenters. The normalized spacial score (nSPS) is 22.4. The van der Waals surface area contributed by atoms with Gasteiger partial charge in [-0.25, -0.2) is 0 Å². The Hall–Kier alpha value is -0.550. The average Bonchev–Trinajstić information content (AvgIpc) is 1.90. The fourth-order valence-electron chi connectivity index (χ4n) is 0.840. The van der Waals surface area contributed by atoms with Crippen LogP contribution in [0.2, 0.25) is 0 Å². The second kappa shape index (κ2) is 2.68. The van der Waals surface area contributed by atoms with E-state index in [4.69, 9.17) is 5.26 Å². The lowest BCUT2D eigenvalue weighted by Crippen LogP contribution is -2.25. The maximum Gasteiger partial charge on any atom is 0.0785 e. The molecule has 0 aromatic heterocycles. The predicted molar refractivity (Wildman–Crippen MR) is 31.0 cm³/mol. The van der Waals surface area contributed by atoms with Crippen molar-refractivity contribution in [3.8, 4) is 6.07 Å². The van der Waals surface area contributed by atoms with Crippen LogP contribution in [-0.4, -0.2) is 13.1 Å². The Morgan fingerprint density at radius 3 is 2.38 bits per heavy atom. The predicted octanol–water partition coefficient (Wildman–Crippen LogP) is 0.468. The third kappa shape index (κ3) is 1.21. The van der Waals surface area contributed by atoms with Gasteiger partial charge in [-0.15, -0.1) is 0 Å². The van der Waals surface area contributed by atoms with Gasteiger partial charge < -0.3 is 5.32 Å². The van der Waals surface area contributed by atoms with Gasteiger partial charge in [-0.05, 0) is 25.9 Å². The van der Waals surface area contributed by atoms with Crippen LogP contribution in [0.25, 0.3) is 0 Å². The summed E-state index contributed by atoms with van der Waals surface area (Å²) in [5.41, 5.74) is 0. The first kappa shape index (κ1) is 5.58. The Morgan fingerprint density at radius 2 is 2.00 bits per heavy atom. The van der Waals surface area contributed by atoms with Gasteiger partial charge in [0, 0.05) is 0 Å². The highest BCUT2D eigenvalue weighted by atomic mass is 14.9. The fraction of sp³-hybridized carbons (Fsp3) is 0.667. The minimum atomic E-state index is 0.955. The van der Waals surface area contributed by atoms with E-state index in [1.165, 1.54) is 0 Å². The Balaban J connectivity index is 2.25. The number of hydrogen-bond donors (Lipinski definition) is 1. The van der Waals surface area contributed by atoms with E-state index in [1.54, 1.807) is 0 Å². The largest absolute Gasteiger partial charge is 0.317 e. The van der Waals surface area contributed by atoms with Crippen LogP contribution in [0.4, 0.5) is 0 Å². The highest BCUT2D eigenvalue weighted by molar-refractivity contribution is 5.12. The van der Waals surface area contributed by atoms with Crippen LogP contribution in [0.3, 0.4) is 0 Å². The molecule has 2 heteroatoms. The summed E-state index contributed by atoms with van der Waals surface area (Å²) in [6, 6.07) is 2.18. The molecule has 1 saturated heterocycles. The molecule has 1 heterocycles. The zero-order valence-corrected chi connectivity index (χ0v) is 4.78. The van der Waals surface area contributed by atoms with Crippen LogP contribution in [0, 0.1) is 17.2 Å². The van der Waals surface area contributed by atoms with Crippen molar-refractivity contribution in [3.05, 3.63) is 5.92 Å². The molecule has 0 aliphatic carbocycles. The number of nitriles is 1. The Labute approximate surface area is 49.5 Å². The topological polar surface area (TPSA) is 35.8 Å². The minimum Gasteiger partial charge on any atom is -0.317 e. The summed E-state index contributed by atoms with van der Waals surface area (Å²) in [5, 5.41) is 11.6. The van der Waals surface area contributed by atoms with Gasteiger partial charge in [-0.2, -0.15) is 5.26 Å². The third-order valence-electron chi connectivity index (χ3n) is 1.37. The van der Waals surface area contributed by atoms with Gasteiger partial charge in [0.05, 0.1) is 12.0 Å². The zero-order chi connectivity index (χ0) is 5.82. The smallest absolute Gasteiger partial charge is 0.0785 e. The Kier molecular flexibility index (Phi) is 1.87. The van der Waals surface area contributed by atoms with E-state index < -0.39 is 0 Å². The summed E-state index contributed by atoms with van der Waals surface area (Å²) >= 11 is 0. The van der Waals surface area contributed by atoms with E-state index >= 15 is 0 Å². The molecule has 1 N–H and O–H groups in total. The minimum absolute atomic E-state index is 0.955. The van der Waals surface area contributed by atoms with Crippen LogP contribution in [-0.2, 0) is 0 Å². The van der Waals surface area contributed by atoms with Gasteiger partial charge in [0.25, 0.3) is 0 Å². The lowest BCUT2D eigenvalue weighted by Gasteiger charge is -2.14. The van der Waals surface area contributed by atoms with Crippen LogP contribution in [0.5, 0.6) is 0 Å². The molecular weight excluding hydrogens is 100 g/mol. The molecule has 1 radical (unpaired) electrons. The Bertz CT molecular complexity index is 97.6. The van der Waals surface area contributed by atoms with Gasteiger partial charge in [-0.1, -0.05) is 0 Å². The monoisotopic (exact) mass is 109 g/mol. The number of hydrogen-bond acceptors (Lipinski definition) is 2. The Morgan fingerprint density at radius 1 is 1.38 bits per heavy atom. The van der Waals surface area contributed by atoms with Crippen LogP contribution in [0.1, 0.15) is 12.8 Å². The number of nitrogens with one attached hydrogen (secondary N) is 1. The maximum absolute atomic E-state index is 8.38. The first-order chi connectivity index (χ1) is 3.93. The number of rotatable bonds is 0. The first-order valence-electron chi connectivity index (χ1n) is 2.89. The summed E-state index contributed by atoms with van der Waals surface area (Å²) in [6.07, 6.45) is 1.91. The van der Waals surface area contributed by atoms with Crippen LogP contribution < -0.4 is 5.32 Å². The van der Waals surface area contributed by atoms with E-state index in [2.05, 4.69) is 11.4 Å². The van der Waals surface area contributed by atoms with Crippen molar-refractivity contribution in [2.24, 2.45) is 0 Å². The van der Waals surface area contributed by atoms with E-state index in [9.17, 15) is 0 Å². The first-order valence-corrected chi connectivity index (χ1v) is 2.89. The molecule has 0 amide bonds. The molecule has 1 aliphatic rings. The van der Waals surface area contributed by atoms with Gasteiger partial charge in [0.1, 0.15) is 0 Å². The van der Waals surface area contributed by atoms with Crippen molar-refractivity contribution in [1.82, 2.24) is 5.32 Å². The summed E-state index contributed by atoms with van der Waals surface area (Å²) in [6.45, 7) is 1.98. The molecule has 1 fully saturated rings. The molecule has 0 aromatic carbocycles. The van der Waals surface area contributed by atoms with Crippen molar-refractivity contribution in [2.45, 2.75) is 12.8 Å². The van der Waals surface area contributed by atoms with E-state index in [-0.39, 0.29) is 0 Å². The highest BCUT2D eigenvalue weighted by Gasteiger charge is 2.11.